The number of nitrogens with zero attached hydrogens (tertiary/aromatic N) is 4. The quantitative estimate of drug-likeness (QED) is 0.640. The fourth-order valence-electron chi connectivity index (χ4n) is 4.06. The molecule has 0 aliphatic carbocycles. The van der Waals surface area contributed by atoms with E-state index in [1.54, 1.807) is 12.5 Å². The van der Waals surface area contributed by atoms with Gasteiger partial charge in [0.15, 0.2) is 0 Å². The predicted molar refractivity (Wildman–Crippen MR) is 124 cm³/mol. The molecule has 4 rings (SSSR count). The first-order valence-corrected chi connectivity index (χ1v) is 11.0. The molecule has 162 valence electrons. The molecule has 2 aromatic carbocycles. The Morgan fingerprint density at radius 2 is 1.71 bits per heavy atom. The molecule has 0 atom stereocenters. The third kappa shape index (κ3) is 5.33. The van der Waals surface area contributed by atoms with Crippen molar-refractivity contribution in [3.63, 3.8) is 0 Å². The minimum absolute atomic E-state index is 0.0476. The van der Waals surface area contributed by atoms with Crippen molar-refractivity contribution in [3.05, 3.63) is 83.9 Å². The van der Waals surface area contributed by atoms with Gasteiger partial charge in [-0.2, -0.15) is 0 Å². The van der Waals surface area contributed by atoms with Gasteiger partial charge in [-0.3, -0.25) is 9.69 Å². The van der Waals surface area contributed by atoms with Crippen LogP contribution in [0.25, 0.3) is 0 Å². The zero-order valence-electron chi connectivity index (χ0n) is 18.4. The molecule has 1 amide bonds. The number of carbonyl (C=O) groups is 1. The molecular weight excluding hydrogens is 386 g/mol. The summed E-state index contributed by atoms with van der Waals surface area (Å²) >= 11 is 0. The molecule has 2 heterocycles. The highest BCUT2D eigenvalue weighted by atomic mass is 16.1. The van der Waals surface area contributed by atoms with E-state index in [2.05, 4.69) is 58.2 Å². The summed E-state index contributed by atoms with van der Waals surface area (Å²) in [5.74, 6) is -0.0476. The van der Waals surface area contributed by atoms with E-state index in [0.29, 0.717) is 18.2 Å². The van der Waals surface area contributed by atoms with E-state index in [4.69, 9.17) is 0 Å². The summed E-state index contributed by atoms with van der Waals surface area (Å²) < 4.78 is 2.03. The van der Waals surface area contributed by atoms with Crippen molar-refractivity contribution in [2.45, 2.75) is 33.0 Å². The van der Waals surface area contributed by atoms with Gasteiger partial charge >= 0.3 is 0 Å². The van der Waals surface area contributed by atoms with Crippen molar-refractivity contribution in [1.29, 1.82) is 0 Å². The minimum atomic E-state index is -0.0476. The standard InChI is InChI=1S/C25H31N5O/c1-20(2)29-13-15-30(16-14-29)24-9-7-21(8-10-24)25(31)27-17-22-5-3-4-6-23(22)18-28-12-11-26-19-28/h3-12,19-20H,13-18H2,1-2H3,(H,27,31). The summed E-state index contributed by atoms with van der Waals surface area (Å²) in [7, 11) is 0. The minimum Gasteiger partial charge on any atom is -0.369 e. The van der Waals surface area contributed by atoms with Crippen LogP contribution in [0, 0.1) is 0 Å². The second-order valence-corrected chi connectivity index (χ2v) is 8.35. The second-order valence-electron chi connectivity index (χ2n) is 8.35. The van der Waals surface area contributed by atoms with Gasteiger partial charge in [-0.15, -0.1) is 0 Å². The lowest BCUT2D eigenvalue weighted by Crippen LogP contribution is -2.48. The molecule has 1 aliphatic heterocycles. The number of carbonyl (C=O) groups excluding carboxylic acids is 1. The van der Waals surface area contributed by atoms with Crippen LogP contribution < -0.4 is 10.2 Å². The van der Waals surface area contributed by atoms with Crippen molar-refractivity contribution < 1.29 is 4.79 Å². The van der Waals surface area contributed by atoms with Gasteiger partial charge in [-0.05, 0) is 49.2 Å². The molecule has 31 heavy (non-hydrogen) atoms. The van der Waals surface area contributed by atoms with Crippen LogP contribution in [-0.4, -0.2) is 52.6 Å². The number of anilines is 1. The molecule has 0 unspecified atom stereocenters. The number of hydrogen-bond donors (Lipinski definition) is 1. The van der Waals surface area contributed by atoms with Crippen LogP contribution in [-0.2, 0) is 13.1 Å². The van der Waals surface area contributed by atoms with Crippen molar-refractivity contribution >= 4 is 11.6 Å². The fourth-order valence-corrected chi connectivity index (χ4v) is 4.06. The molecule has 1 N–H and O–H groups in total. The van der Waals surface area contributed by atoms with Crippen LogP contribution in [0.15, 0.2) is 67.3 Å². The Bertz CT molecular complexity index is 973. The van der Waals surface area contributed by atoms with Gasteiger partial charge in [0, 0.05) is 69.0 Å². The highest BCUT2D eigenvalue weighted by molar-refractivity contribution is 5.94. The highest BCUT2D eigenvalue weighted by Gasteiger charge is 2.19. The van der Waals surface area contributed by atoms with E-state index in [9.17, 15) is 4.79 Å². The lowest BCUT2D eigenvalue weighted by atomic mass is 10.1. The normalized spacial score (nSPS) is 14.7. The number of hydrogen-bond acceptors (Lipinski definition) is 4. The SMILES string of the molecule is CC(C)N1CCN(c2ccc(C(=O)NCc3ccccc3Cn3ccnc3)cc2)CC1. The summed E-state index contributed by atoms with van der Waals surface area (Å²) in [6.45, 7) is 9.96. The topological polar surface area (TPSA) is 53.4 Å². The van der Waals surface area contributed by atoms with E-state index < -0.39 is 0 Å². The number of nitrogens with one attached hydrogen (secondary N) is 1. The number of rotatable bonds is 7. The summed E-state index contributed by atoms with van der Waals surface area (Å²) in [6, 6.07) is 16.8. The van der Waals surface area contributed by atoms with Crippen LogP contribution in [0.2, 0.25) is 0 Å². The van der Waals surface area contributed by atoms with Crippen LogP contribution in [0.1, 0.15) is 35.3 Å². The molecule has 1 saturated heterocycles. The zero-order chi connectivity index (χ0) is 21.6. The van der Waals surface area contributed by atoms with Gasteiger partial charge in [0.1, 0.15) is 0 Å². The van der Waals surface area contributed by atoms with Crippen molar-refractivity contribution in [2.24, 2.45) is 0 Å². The zero-order valence-corrected chi connectivity index (χ0v) is 18.4. The molecule has 6 heteroatoms. The van der Waals surface area contributed by atoms with Crippen molar-refractivity contribution in [1.82, 2.24) is 19.8 Å². The Morgan fingerprint density at radius 1 is 1.00 bits per heavy atom. The maximum atomic E-state index is 12.7. The average Bonchev–Trinajstić information content (AvgIpc) is 3.31. The molecule has 1 aromatic heterocycles. The first kappa shape index (κ1) is 21.1. The first-order valence-electron chi connectivity index (χ1n) is 11.0. The lowest BCUT2D eigenvalue weighted by molar-refractivity contribution is 0.0951. The molecule has 0 bridgehead atoms. The highest BCUT2D eigenvalue weighted by Crippen LogP contribution is 2.18. The fraction of sp³-hybridized carbons (Fsp3) is 0.360. The van der Waals surface area contributed by atoms with Crippen molar-refractivity contribution in [2.75, 3.05) is 31.1 Å². The third-order valence-corrected chi connectivity index (χ3v) is 6.01. The lowest BCUT2D eigenvalue weighted by Gasteiger charge is -2.38. The number of benzene rings is 2. The van der Waals surface area contributed by atoms with Gasteiger partial charge in [0.2, 0.25) is 0 Å². The molecular formula is C25H31N5O. The van der Waals surface area contributed by atoms with Crippen LogP contribution in [0.3, 0.4) is 0 Å². The van der Waals surface area contributed by atoms with Gasteiger partial charge in [0.25, 0.3) is 5.91 Å². The van der Waals surface area contributed by atoms with Gasteiger partial charge in [-0.25, -0.2) is 4.98 Å². The van der Waals surface area contributed by atoms with Gasteiger partial charge < -0.3 is 14.8 Å². The Kier molecular flexibility index (Phi) is 6.67. The van der Waals surface area contributed by atoms with E-state index in [1.807, 2.05) is 35.0 Å². The van der Waals surface area contributed by atoms with Crippen molar-refractivity contribution in [3.8, 4) is 0 Å². The number of aromatic nitrogens is 2. The number of amides is 1. The Morgan fingerprint density at radius 3 is 2.35 bits per heavy atom. The van der Waals surface area contributed by atoms with E-state index in [1.165, 1.54) is 11.3 Å². The maximum Gasteiger partial charge on any atom is 0.251 e. The number of piperazine rings is 1. The second kappa shape index (κ2) is 9.79. The monoisotopic (exact) mass is 417 g/mol. The first-order chi connectivity index (χ1) is 15.1. The summed E-state index contributed by atoms with van der Waals surface area (Å²) in [5, 5.41) is 3.07. The molecule has 3 aromatic rings. The van der Waals surface area contributed by atoms with Gasteiger partial charge in [-0.1, -0.05) is 24.3 Å². The van der Waals surface area contributed by atoms with E-state index >= 15 is 0 Å². The Hall–Kier alpha value is -3.12. The molecule has 0 radical (unpaired) electrons. The molecule has 0 spiro atoms. The Balaban J connectivity index is 1.34. The van der Waals surface area contributed by atoms with Crippen LogP contribution in [0.4, 0.5) is 5.69 Å². The van der Waals surface area contributed by atoms with Crippen LogP contribution >= 0.6 is 0 Å². The van der Waals surface area contributed by atoms with Gasteiger partial charge in [0.05, 0.1) is 6.33 Å². The molecule has 1 fully saturated rings. The number of imidazole rings is 1. The van der Waals surface area contributed by atoms with E-state index in [-0.39, 0.29) is 5.91 Å². The Labute approximate surface area is 184 Å². The summed E-state index contributed by atoms with van der Waals surface area (Å²) in [5.41, 5.74) is 4.17. The van der Waals surface area contributed by atoms with E-state index in [0.717, 1.165) is 38.3 Å². The predicted octanol–water partition coefficient (Wildman–Crippen LogP) is 3.39. The molecule has 0 saturated carbocycles. The largest absolute Gasteiger partial charge is 0.369 e. The molecule has 6 nitrogen and oxygen atoms in total. The maximum absolute atomic E-state index is 12.7. The summed E-state index contributed by atoms with van der Waals surface area (Å²) in [4.78, 5) is 21.7. The smallest absolute Gasteiger partial charge is 0.251 e. The molecule has 1 aliphatic rings. The average molecular weight is 418 g/mol. The third-order valence-electron chi connectivity index (χ3n) is 6.01. The van der Waals surface area contributed by atoms with Crippen LogP contribution in [0.5, 0.6) is 0 Å². The summed E-state index contributed by atoms with van der Waals surface area (Å²) in [6.07, 6.45) is 5.53.